The number of aliphatic carboxylic acids is 1. The second kappa shape index (κ2) is 7.28. The second-order valence-electron chi connectivity index (χ2n) is 5.88. The van der Waals surface area contributed by atoms with Crippen molar-refractivity contribution in [1.29, 1.82) is 0 Å². The Balaban J connectivity index is 1.72. The third kappa shape index (κ3) is 3.62. The molecule has 7 nitrogen and oxygen atoms in total. The fraction of sp³-hybridized carbons (Fsp3) is 0.353. The molecule has 26 heavy (non-hydrogen) atoms. The maximum Gasteiger partial charge on any atom is 0.343 e. The lowest BCUT2D eigenvalue weighted by molar-refractivity contribution is -0.149. The molecule has 9 heteroatoms. The van der Waals surface area contributed by atoms with E-state index in [9.17, 15) is 14.0 Å². The average molecular weight is 380 g/mol. The summed E-state index contributed by atoms with van der Waals surface area (Å²) in [7, 11) is 1.45. The van der Waals surface area contributed by atoms with Gasteiger partial charge in [-0.2, -0.15) is 0 Å². The molecule has 0 radical (unpaired) electrons. The van der Waals surface area contributed by atoms with Gasteiger partial charge in [0.15, 0.2) is 11.5 Å². The molecule has 1 fully saturated rings. The zero-order valence-corrected chi connectivity index (χ0v) is 14.8. The highest BCUT2D eigenvalue weighted by atomic mass is 32.1. The number of nitrogens with zero attached hydrogens (tertiary/aromatic N) is 2. The van der Waals surface area contributed by atoms with Crippen LogP contribution >= 0.6 is 11.3 Å². The van der Waals surface area contributed by atoms with Crippen LogP contribution in [0.3, 0.4) is 0 Å². The van der Waals surface area contributed by atoms with Crippen LogP contribution in [0.15, 0.2) is 29.1 Å². The third-order valence-corrected chi connectivity index (χ3v) is 4.79. The largest absolute Gasteiger partial charge is 0.493 e. The molecule has 0 spiro atoms. The van der Waals surface area contributed by atoms with E-state index in [0.717, 1.165) is 5.69 Å². The summed E-state index contributed by atoms with van der Waals surface area (Å²) in [6, 6.07) is 4.63. The van der Waals surface area contributed by atoms with E-state index in [0.29, 0.717) is 11.5 Å². The van der Waals surface area contributed by atoms with E-state index in [1.165, 1.54) is 29.4 Å². The zero-order valence-electron chi connectivity index (χ0n) is 14.0. The fourth-order valence-corrected chi connectivity index (χ4v) is 3.23. The maximum atomic E-state index is 14.2. The molecule has 0 bridgehead atoms. The van der Waals surface area contributed by atoms with Crippen molar-refractivity contribution in [1.82, 2.24) is 9.88 Å². The van der Waals surface area contributed by atoms with Gasteiger partial charge in [0.2, 0.25) is 5.67 Å². The number of carboxylic acids is 1. The number of rotatable bonds is 6. The Morgan fingerprint density at radius 2 is 2.23 bits per heavy atom. The number of carbonyl (C=O) groups excluding carboxylic acids is 1. The van der Waals surface area contributed by atoms with Crippen LogP contribution in [0.2, 0.25) is 0 Å². The van der Waals surface area contributed by atoms with E-state index >= 15 is 0 Å². The zero-order chi connectivity index (χ0) is 18.7. The Labute approximate surface area is 153 Å². The quantitative estimate of drug-likeness (QED) is 0.828. The fourth-order valence-electron chi connectivity index (χ4n) is 2.68. The van der Waals surface area contributed by atoms with E-state index in [1.807, 2.05) is 5.38 Å². The number of likely N-dealkylation sites (tertiary alicyclic amines) is 1. The molecule has 0 saturated carbocycles. The number of carbonyl (C=O) groups is 2. The summed E-state index contributed by atoms with van der Waals surface area (Å²) in [6.07, 6.45) is -0.222. The molecule has 1 aliphatic rings. The van der Waals surface area contributed by atoms with Crippen molar-refractivity contribution in [3.8, 4) is 11.5 Å². The van der Waals surface area contributed by atoms with Crippen molar-refractivity contribution in [3.05, 3.63) is 40.3 Å². The summed E-state index contributed by atoms with van der Waals surface area (Å²) in [5.74, 6) is -1.19. The average Bonchev–Trinajstić information content (AvgIpc) is 3.29. The van der Waals surface area contributed by atoms with Crippen LogP contribution in [-0.4, -0.2) is 52.7 Å². The molecule has 1 amide bonds. The van der Waals surface area contributed by atoms with Gasteiger partial charge in [-0.05, 0) is 18.2 Å². The summed E-state index contributed by atoms with van der Waals surface area (Å²) in [5, 5.41) is 10.8. The minimum Gasteiger partial charge on any atom is -0.493 e. The summed E-state index contributed by atoms with van der Waals surface area (Å²) in [6.45, 7) is -0.153. The molecule has 3 rings (SSSR count). The third-order valence-electron chi connectivity index (χ3n) is 4.16. The van der Waals surface area contributed by atoms with Gasteiger partial charge in [-0.15, -0.1) is 11.3 Å². The topological polar surface area (TPSA) is 89.0 Å². The van der Waals surface area contributed by atoms with E-state index in [4.69, 9.17) is 14.6 Å². The molecular formula is C17H17FN2O5S. The number of ether oxygens (including phenoxy) is 2. The SMILES string of the molecule is COc1cc(C(=O)N2CCC(F)(C(=O)O)C2)ccc1OCc1cscn1. The van der Waals surface area contributed by atoms with Crippen molar-refractivity contribution in [2.45, 2.75) is 18.7 Å². The number of methoxy groups -OCH3 is 1. The van der Waals surface area contributed by atoms with Crippen LogP contribution in [0.4, 0.5) is 4.39 Å². The lowest BCUT2D eigenvalue weighted by atomic mass is 10.1. The predicted molar refractivity (Wildman–Crippen MR) is 91.4 cm³/mol. The van der Waals surface area contributed by atoms with Gasteiger partial charge in [0, 0.05) is 23.9 Å². The van der Waals surface area contributed by atoms with Gasteiger partial charge in [0.1, 0.15) is 6.61 Å². The van der Waals surface area contributed by atoms with E-state index < -0.39 is 24.1 Å². The van der Waals surface area contributed by atoms with Crippen molar-refractivity contribution in [2.24, 2.45) is 0 Å². The number of thiazole rings is 1. The highest BCUT2D eigenvalue weighted by molar-refractivity contribution is 7.07. The van der Waals surface area contributed by atoms with Crippen LogP contribution in [0.1, 0.15) is 22.5 Å². The summed E-state index contributed by atoms with van der Waals surface area (Å²) >= 11 is 1.46. The van der Waals surface area contributed by atoms with Gasteiger partial charge in [0.25, 0.3) is 5.91 Å². The first-order chi connectivity index (χ1) is 12.4. The monoisotopic (exact) mass is 380 g/mol. The summed E-state index contributed by atoms with van der Waals surface area (Å²) in [4.78, 5) is 28.8. The minimum atomic E-state index is -2.39. The first-order valence-corrected chi connectivity index (χ1v) is 8.77. The van der Waals surface area contributed by atoms with Crippen LogP contribution in [0.25, 0.3) is 0 Å². The van der Waals surface area contributed by atoms with Crippen LogP contribution in [-0.2, 0) is 11.4 Å². The van der Waals surface area contributed by atoms with Crippen molar-refractivity contribution in [3.63, 3.8) is 0 Å². The van der Waals surface area contributed by atoms with Crippen LogP contribution < -0.4 is 9.47 Å². The van der Waals surface area contributed by atoms with E-state index in [1.54, 1.807) is 17.6 Å². The van der Waals surface area contributed by atoms with Gasteiger partial charge in [-0.1, -0.05) is 0 Å². The lowest BCUT2D eigenvalue weighted by Crippen LogP contribution is -2.38. The number of alkyl halides is 1. The van der Waals surface area contributed by atoms with Crippen LogP contribution in [0.5, 0.6) is 11.5 Å². The Morgan fingerprint density at radius 1 is 1.42 bits per heavy atom. The number of benzene rings is 1. The highest BCUT2D eigenvalue weighted by Gasteiger charge is 2.47. The molecule has 0 aliphatic carbocycles. The predicted octanol–water partition coefficient (Wildman–Crippen LogP) is 2.37. The molecule has 1 atom stereocenters. The molecular weight excluding hydrogens is 363 g/mol. The Hall–Kier alpha value is -2.68. The number of hydrogen-bond donors (Lipinski definition) is 1. The van der Waals surface area contributed by atoms with Gasteiger partial charge in [0.05, 0.1) is 24.9 Å². The molecule has 1 aliphatic heterocycles. The van der Waals surface area contributed by atoms with Crippen molar-refractivity contribution >= 4 is 23.2 Å². The number of hydrogen-bond acceptors (Lipinski definition) is 6. The first kappa shape index (κ1) is 18.1. The first-order valence-electron chi connectivity index (χ1n) is 7.82. The molecule has 2 heterocycles. The number of aromatic nitrogens is 1. The molecule has 1 saturated heterocycles. The van der Waals surface area contributed by atoms with Gasteiger partial charge in [-0.3, -0.25) is 4.79 Å². The summed E-state index contributed by atoms with van der Waals surface area (Å²) in [5.41, 5.74) is 0.367. The van der Waals surface area contributed by atoms with Crippen molar-refractivity contribution < 1.29 is 28.6 Å². The molecule has 1 N–H and O–H groups in total. The Bertz CT molecular complexity index is 813. The minimum absolute atomic E-state index is 0.0476. The smallest absolute Gasteiger partial charge is 0.343 e. The van der Waals surface area contributed by atoms with Gasteiger partial charge < -0.3 is 19.5 Å². The highest BCUT2D eigenvalue weighted by Crippen LogP contribution is 2.31. The van der Waals surface area contributed by atoms with Crippen molar-refractivity contribution in [2.75, 3.05) is 20.2 Å². The molecule has 138 valence electrons. The lowest BCUT2D eigenvalue weighted by Gasteiger charge is -2.18. The van der Waals surface area contributed by atoms with Gasteiger partial charge >= 0.3 is 5.97 Å². The number of amides is 1. The maximum absolute atomic E-state index is 14.2. The molecule has 2 aromatic rings. The normalized spacial score (nSPS) is 19.4. The molecule has 1 unspecified atom stereocenters. The van der Waals surface area contributed by atoms with E-state index in [2.05, 4.69) is 4.98 Å². The summed E-state index contributed by atoms with van der Waals surface area (Å²) < 4.78 is 25.1. The van der Waals surface area contributed by atoms with Gasteiger partial charge in [-0.25, -0.2) is 14.2 Å². The Kier molecular flexibility index (Phi) is 5.08. The van der Waals surface area contributed by atoms with E-state index in [-0.39, 0.29) is 25.1 Å². The number of carboxylic acid groups (broad SMARTS) is 1. The Morgan fingerprint density at radius 3 is 2.85 bits per heavy atom. The molecule has 1 aromatic carbocycles. The number of halogens is 1. The van der Waals surface area contributed by atoms with Crippen LogP contribution in [0, 0.1) is 0 Å². The molecule has 1 aromatic heterocycles. The standard InChI is InChI=1S/C17H17FN2O5S/c1-24-14-6-11(2-3-13(14)25-7-12-8-26-10-19-12)15(21)20-5-4-17(18,9-20)16(22)23/h2-3,6,8,10H,4-5,7,9H2,1H3,(H,22,23). The second-order valence-corrected chi connectivity index (χ2v) is 6.60.